The monoisotopic (exact) mass is 293 g/mol. The van der Waals surface area contributed by atoms with Gasteiger partial charge in [0.05, 0.1) is 15.3 Å². The molecule has 0 bridgehead atoms. The minimum absolute atomic E-state index is 0.00933. The van der Waals surface area contributed by atoms with Gasteiger partial charge >= 0.3 is 5.69 Å². The molecule has 0 aliphatic rings. The van der Waals surface area contributed by atoms with Crippen LogP contribution in [0.25, 0.3) is 0 Å². The zero-order chi connectivity index (χ0) is 14.4. The second-order valence-corrected chi connectivity index (χ2v) is 5.07. The van der Waals surface area contributed by atoms with Crippen LogP contribution in [0.2, 0.25) is 0 Å². The van der Waals surface area contributed by atoms with Gasteiger partial charge < -0.3 is 10.1 Å². The minimum atomic E-state index is -0.419. The van der Waals surface area contributed by atoms with E-state index in [1.807, 2.05) is 13.0 Å². The maximum absolute atomic E-state index is 11.1. The maximum Gasteiger partial charge on any atom is 0.311 e. The molecule has 2 aromatic rings. The summed E-state index contributed by atoms with van der Waals surface area (Å²) in [7, 11) is 0. The van der Waals surface area contributed by atoms with Crippen molar-refractivity contribution in [1.29, 1.82) is 0 Å². The highest BCUT2D eigenvalue weighted by atomic mass is 32.1. The molecule has 20 heavy (non-hydrogen) atoms. The number of nitro groups is 1. The van der Waals surface area contributed by atoms with Gasteiger partial charge in [0.1, 0.15) is 6.61 Å². The van der Waals surface area contributed by atoms with Crippen LogP contribution < -0.4 is 10.1 Å². The Labute approximate surface area is 120 Å². The lowest BCUT2D eigenvalue weighted by Gasteiger charge is -2.07. The highest BCUT2D eigenvalue weighted by molar-refractivity contribution is 7.09. The van der Waals surface area contributed by atoms with E-state index in [1.165, 1.54) is 11.3 Å². The summed E-state index contributed by atoms with van der Waals surface area (Å²) in [6, 6.07) is 5.02. The molecule has 0 radical (unpaired) electrons. The number of nitrogens with one attached hydrogen (secondary N) is 1. The summed E-state index contributed by atoms with van der Waals surface area (Å²) in [5.41, 5.74) is 2.56. The van der Waals surface area contributed by atoms with Crippen LogP contribution in [0.3, 0.4) is 0 Å². The summed E-state index contributed by atoms with van der Waals surface area (Å²) >= 11 is 1.45. The van der Waals surface area contributed by atoms with Crippen molar-refractivity contribution in [3.05, 3.63) is 50.5 Å². The molecule has 106 valence electrons. The topological polar surface area (TPSA) is 77.3 Å². The molecule has 0 spiro atoms. The molecule has 7 heteroatoms. The van der Waals surface area contributed by atoms with E-state index in [-0.39, 0.29) is 18.0 Å². The van der Waals surface area contributed by atoms with Crippen LogP contribution in [-0.2, 0) is 13.2 Å². The first-order valence-corrected chi connectivity index (χ1v) is 7.07. The quantitative estimate of drug-likeness (QED) is 0.627. The number of aromatic nitrogens is 1. The summed E-state index contributed by atoms with van der Waals surface area (Å²) in [6.45, 7) is 3.70. The second-order valence-electron chi connectivity index (χ2n) is 4.10. The van der Waals surface area contributed by atoms with Crippen molar-refractivity contribution in [2.45, 2.75) is 20.1 Å². The fourth-order valence-electron chi connectivity index (χ4n) is 1.67. The average molecular weight is 293 g/mol. The molecule has 0 aliphatic carbocycles. The Kier molecular flexibility index (Phi) is 5.03. The van der Waals surface area contributed by atoms with Gasteiger partial charge in [0, 0.05) is 18.8 Å². The molecule has 0 unspecified atom stereocenters. The number of ether oxygens (including phenoxy) is 1. The van der Waals surface area contributed by atoms with Crippen molar-refractivity contribution in [2.75, 3.05) is 6.54 Å². The maximum atomic E-state index is 11.1. The average Bonchev–Trinajstić information content (AvgIpc) is 2.96. The van der Waals surface area contributed by atoms with Gasteiger partial charge in [-0.2, -0.15) is 0 Å². The van der Waals surface area contributed by atoms with Gasteiger partial charge in [-0.05, 0) is 18.2 Å². The van der Waals surface area contributed by atoms with Gasteiger partial charge in [0.25, 0.3) is 0 Å². The van der Waals surface area contributed by atoms with Crippen LogP contribution in [0.1, 0.15) is 17.4 Å². The lowest BCUT2D eigenvalue weighted by molar-refractivity contribution is -0.386. The van der Waals surface area contributed by atoms with E-state index in [1.54, 1.807) is 23.8 Å². The Morgan fingerprint density at radius 3 is 3.00 bits per heavy atom. The number of nitrogens with zero attached hydrogens (tertiary/aromatic N) is 2. The summed E-state index contributed by atoms with van der Waals surface area (Å²) < 4.78 is 5.51. The first-order chi connectivity index (χ1) is 9.70. The largest absolute Gasteiger partial charge is 0.481 e. The Morgan fingerprint density at radius 2 is 2.35 bits per heavy atom. The zero-order valence-corrected chi connectivity index (χ0v) is 11.9. The number of nitro benzene ring substituents is 1. The molecule has 6 nitrogen and oxygen atoms in total. The van der Waals surface area contributed by atoms with Crippen molar-refractivity contribution in [3.63, 3.8) is 0 Å². The predicted octanol–water partition coefficient (Wildman–Crippen LogP) is 2.74. The van der Waals surface area contributed by atoms with Crippen molar-refractivity contribution < 1.29 is 9.66 Å². The number of thiazole rings is 1. The van der Waals surface area contributed by atoms with E-state index in [4.69, 9.17) is 4.74 Å². The van der Waals surface area contributed by atoms with Gasteiger partial charge in [-0.15, -0.1) is 11.3 Å². The van der Waals surface area contributed by atoms with Crippen LogP contribution in [0.15, 0.2) is 29.9 Å². The smallest absolute Gasteiger partial charge is 0.311 e. The molecule has 0 fully saturated rings. The van der Waals surface area contributed by atoms with E-state index in [9.17, 15) is 10.1 Å². The summed E-state index contributed by atoms with van der Waals surface area (Å²) in [5, 5.41) is 14.2. The third kappa shape index (κ3) is 3.75. The Morgan fingerprint density at radius 1 is 1.50 bits per heavy atom. The fraction of sp³-hybridized carbons (Fsp3) is 0.308. The SMILES string of the molecule is CCNCc1ccc(OCc2cncs2)c([N+](=O)[O-])c1. The second kappa shape index (κ2) is 6.97. The molecule has 1 aromatic heterocycles. The molecule has 2 rings (SSSR count). The van der Waals surface area contributed by atoms with Gasteiger partial charge in [-0.3, -0.25) is 15.1 Å². The highest BCUT2D eigenvalue weighted by Crippen LogP contribution is 2.29. The Hall–Kier alpha value is -1.99. The number of hydrogen-bond acceptors (Lipinski definition) is 6. The first kappa shape index (κ1) is 14.4. The molecule has 0 aliphatic heterocycles. The molecular weight excluding hydrogens is 278 g/mol. The molecule has 0 amide bonds. The van der Waals surface area contributed by atoms with Crippen LogP contribution in [-0.4, -0.2) is 16.5 Å². The molecule has 0 saturated heterocycles. The minimum Gasteiger partial charge on any atom is -0.481 e. The lowest BCUT2D eigenvalue weighted by atomic mass is 10.2. The van der Waals surface area contributed by atoms with Crippen LogP contribution in [0.5, 0.6) is 5.75 Å². The number of rotatable bonds is 7. The summed E-state index contributed by atoms with van der Waals surface area (Å²) in [5.74, 6) is 0.281. The third-order valence-corrected chi connectivity index (χ3v) is 3.41. The Balaban J connectivity index is 2.12. The summed E-state index contributed by atoms with van der Waals surface area (Å²) in [6.07, 6.45) is 1.69. The van der Waals surface area contributed by atoms with Crippen molar-refractivity contribution in [1.82, 2.24) is 10.3 Å². The normalized spacial score (nSPS) is 10.4. The number of hydrogen-bond donors (Lipinski definition) is 1. The highest BCUT2D eigenvalue weighted by Gasteiger charge is 2.16. The molecule has 1 N–H and O–H groups in total. The van der Waals surface area contributed by atoms with Gasteiger partial charge in [-0.1, -0.05) is 13.0 Å². The fourth-order valence-corrected chi connectivity index (χ4v) is 2.18. The van der Waals surface area contributed by atoms with E-state index in [2.05, 4.69) is 10.3 Å². The molecule has 1 heterocycles. The van der Waals surface area contributed by atoms with Gasteiger partial charge in [0.15, 0.2) is 5.75 Å². The molecule has 0 atom stereocenters. The predicted molar refractivity (Wildman–Crippen MR) is 76.9 cm³/mol. The van der Waals surface area contributed by atoms with E-state index >= 15 is 0 Å². The number of benzene rings is 1. The van der Waals surface area contributed by atoms with Gasteiger partial charge in [0.2, 0.25) is 0 Å². The first-order valence-electron chi connectivity index (χ1n) is 6.19. The van der Waals surface area contributed by atoms with Crippen LogP contribution in [0.4, 0.5) is 5.69 Å². The van der Waals surface area contributed by atoms with E-state index < -0.39 is 4.92 Å². The zero-order valence-electron chi connectivity index (χ0n) is 11.0. The van der Waals surface area contributed by atoms with Crippen molar-refractivity contribution in [3.8, 4) is 5.75 Å². The lowest BCUT2D eigenvalue weighted by Crippen LogP contribution is -2.12. The molecule has 1 aromatic carbocycles. The molecular formula is C13H15N3O3S. The third-order valence-electron chi connectivity index (χ3n) is 2.65. The van der Waals surface area contributed by atoms with Crippen molar-refractivity contribution >= 4 is 17.0 Å². The van der Waals surface area contributed by atoms with Gasteiger partial charge in [-0.25, -0.2) is 0 Å². The Bertz CT molecular complexity index is 572. The molecule has 0 saturated carbocycles. The standard InChI is InChI=1S/C13H15N3O3S/c1-2-14-6-10-3-4-13(12(5-10)16(17)18)19-8-11-7-15-9-20-11/h3-5,7,9,14H,2,6,8H2,1H3. The summed E-state index contributed by atoms with van der Waals surface area (Å²) in [4.78, 5) is 15.5. The van der Waals surface area contributed by atoms with Crippen LogP contribution in [0, 0.1) is 10.1 Å². The van der Waals surface area contributed by atoms with E-state index in [0.29, 0.717) is 6.54 Å². The van der Waals surface area contributed by atoms with E-state index in [0.717, 1.165) is 17.0 Å². The van der Waals surface area contributed by atoms with Crippen LogP contribution >= 0.6 is 11.3 Å². The van der Waals surface area contributed by atoms with Crippen molar-refractivity contribution in [2.24, 2.45) is 0 Å².